The van der Waals surface area contributed by atoms with Crippen molar-refractivity contribution in [3.8, 4) is 5.88 Å². The number of para-hydroxylation sites is 1. The zero-order valence-electron chi connectivity index (χ0n) is 13.7. The number of nitrogens with zero attached hydrogens (tertiary/aromatic N) is 4. The Balaban J connectivity index is 1.39. The van der Waals surface area contributed by atoms with Gasteiger partial charge >= 0.3 is 0 Å². The fourth-order valence-corrected chi connectivity index (χ4v) is 3.15. The van der Waals surface area contributed by atoms with Crippen molar-refractivity contribution >= 4 is 32.7 Å². The zero-order valence-corrected chi connectivity index (χ0v) is 15.3. The zero-order chi connectivity index (χ0) is 18.1. The van der Waals surface area contributed by atoms with E-state index in [1.807, 2.05) is 18.2 Å². The first kappa shape index (κ1) is 16.7. The molecule has 0 N–H and O–H groups in total. The lowest BCUT2D eigenvalue weighted by Crippen LogP contribution is -2.57. The Morgan fingerprint density at radius 2 is 2.00 bits per heavy atom. The molecular formula is C18H15BrN4O3. The van der Waals surface area contributed by atoms with Crippen LogP contribution in [0.3, 0.4) is 0 Å². The normalized spacial score (nSPS) is 14.3. The number of fused-ring (bicyclic) bond motifs is 1. The van der Waals surface area contributed by atoms with E-state index in [2.05, 4.69) is 25.9 Å². The Kier molecular flexibility index (Phi) is 4.42. The summed E-state index contributed by atoms with van der Waals surface area (Å²) in [5, 5.41) is 0.507. The van der Waals surface area contributed by atoms with Crippen LogP contribution in [0.25, 0.3) is 10.9 Å². The second kappa shape index (κ2) is 6.87. The van der Waals surface area contributed by atoms with Crippen molar-refractivity contribution in [1.29, 1.82) is 0 Å². The van der Waals surface area contributed by atoms with Gasteiger partial charge < -0.3 is 9.64 Å². The lowest BCUT2D eigenvalue weighted by Gasteiger charge is -2.38. The SMILES string of the molecule is O=C(Cn1cnc2ccccc2c1=O)N1CC(Oc2ncccc2Br)C1. The Hall–Kier alpha value is -2.74. The Morgan fingerprint density at radius 3 is 2.81 bits per heavy atom. The monoisotopic (exact) mass is 414 g/mol. The van der Waals surface area contributed by atoms with Gasteiger partial charge in [-0.25, -0.2) is 9.97 Å². The Labute approximate surface area is 157 Å². The van der Waals surface area contributed by atoms with Crippen LogP contribution in [-0.2, 0) is 11.3 Å². The average molecular weight is 415 g/mol. The minimum absolute atomic E-state index is 0.0311. The molecule has 1 amide bonds. The minimum Gasteiger partial charge on any atom is -0.470 e. The van der Waals surface area contributed by atoms with Crippen LogP contribution in [0, 0.1) is 0 Å². The molecule has 0 saturated carbocycles. The Morgan fingerprint density at radius 1 is 1.19 bits per heavy atom. The molecule has 0 spiro atoms. The lowest BCUT2D eigenvalue weighted by atomic mass is 10.1. The third kappa shape index (κ3) is 3.20. The molecule has 132 valence electrons. The molecule has 0 unspecified atom stereocenters. The molecule has 2 aromatic heterocycles. The molecule has 1 saturated heterocycles. The van der Waals surface area contributed by atoms with Gasteiger partial charge in [0.15, 0.2) is 0 Å². The number of carbonyl (C=O) groups excluding carboxylic acids is 1. The van der Waals surface area contributed by atoms with Gasteiger partial charge in [-0.3, -0.25) is 14.2 Å². The number of hydrogen-bond acceptors (Lipinski definition) is 5. The minimum atomic E-state index is -0.213. The molecule has 4 rings (SSSR count). The number of pyridine rings is 1. The van der Waals surface area contributed by atoms with Gasteiger partial charge in [-0.05, 0) is 40.2 Å². The molecule has 26 heavy (non-hydrogen) atoms. The molecule has 0 radical (unpaired) electrons. The summed E-state index contributed by atoms with van der Waals surface area (Å²) < 4.78 is 7.88. The second-order valence-electron chi connectivity index (χ2n) is 6.02. The van der Waals surface area contributed by atoms with Crippen LogP contribution in [0.1, 0.15) is 0 Å². The molecule has 3 heterocycles. The van der Waals surface area contributed by atoms with E-state index in [-0.39, 0.29) is 24.1 Å². The smallest absolute Gasteiger partial charge is 0.261 e. The number of likely N-dealkylation sites (tertiary alicyclic amines) is 1. The second-order valence-corrected chi connectivity index (χ2v) is 6.88. The molecule has 8 heteroatoms. The number of halogens is 1. The highest BCUT2D eigenvalue weighted by Gasteiger charge is 2.33. The highest BCUT2D eigenvalue weighted by molar-refractivity contribution is 9.10. The van der Waals surface area contributed by atoms with E-state index in [1.54, 1.807) is 29.3 Å². The summed E-state index contributed by atoms with van der Waals surface area (Å²) in [5.41, 5.74) is 0.411. The Bertz CT molecular complexity index is 1030. The maximum Gasteiger partial charge on any atom is 0.261 e. The maximum absolute atomic E-state index is 12.4. The summed E-state index contributed by atoms with van der Waals surface area (Å²) in [6.45, 7) is 0.909. The third-order valence-electron chi connectivity index (χ3n) is 4.24. The third-order valence-corrected chi connectivity index (χ3v) is 4.84. The van der Waals surface area contributed by atoms with E-state index in [4.69, 9.17) is 4.74 Å². The van der Waals surface area contributed by atoms with Gasteiger partial charge in [0.05, 0.1) is 34.8 Å². The van der Waals surface area contributed by atoms with Crippen molar-refractivity contribution in [3.05, 3.63) is 63.7 Å². The van der Waals surface area contributed by atoms with Crippen molar-refractivity contribution < 1.29 is 9.53 Å². The molecule has 0 atom stereocenters. The fourth-order valence-electron chi connectivity index (χ4n) is 2.80. The quantitative estimate of drug-likeness (QED) is 0.650. The van der Waals surface area contributed by atoms with Gasteiger partial charge in [-0.15, -0.1) is 0 Å². The predicted octanol–water partition coefficient (Wildman–Crippen LogP) is 1.84. The van der Waals surface area contributed by atoms with Crippen LogP contribution in [0.2, 0.25) is 0 Å². The lowest BCUT2D eigenvalue weighted by molar-refractivity contribution is -0.140. The number of hydrogen-bond donors (Lipinski definition) is 0. The number of carbonyl (C=O) groups is 1. The molecule has 1 aliphatic rings. The van der Waals surface area contributed by atoms with Gasteiger partial charge in [-0.2, -0.15) is 0 Å². The number of amides is 1. The van der Waals surface area contributed by atoms with E-state index >= 15 is 0 Å². The molecule has 1 aliphatic heterocycles. The summed E-state index contributed by atoms with van der Waals surface area (Å²) in [7, 11) is 0. The molecule has 0 aliphatic carbocycles. The molecule has 1 fully saturated rings. The average Bonchev–Trinajstić information content (AvgIpc) is 2.61. The topological polar surface area (TPSA) is 77.3 Å². The highest BCUT2D eigenvalue weighted by atomic mass is 79.9. The van der Waals surface area contributed by atoms with Gasteiger partial charge in [-0.1, -0.05) is 12.1 Å². The van der Waals surface area contributed by atoms with Crippen molar-refractivity contribution in [3.63, 3.8) is 0 Å². The molecular weight excluding hydrogens is 400 g/mol. The van der Waals surface area contributed by atoms with Gasteiger partial charge in [0.1, 0.15) is 12.6 Å². The van der Waals surface area contributed by atoms with Crippen LogP contribution in [0.15, 0.2) is 58.2 Å². The first-order valence-electron chi connectivity index (χ1n) is 8.11. The molecule has 7 nitrogen and oxygen atoms in total. The van der Waals surface area contributed by atoms with E-state index in [9.17, 15) is 9.59 Å². The highest BCUT2D eigenvalue weighted by Crippen LogP contribution is 2.24. The van der Waals surface area contributed by atoms with E-state index in [0.29, 0.717) is 29.9 Å². The standard InChI is InChI=1S/C18H15BrN4O3/c19-14-5-3-7-20-17(14)26-12-8-22(9-12)16(24)10-23-11-21-15-6-2-1-4-13(15)18(23)25/h1-7,11-12H,8-10H2. The predicted molar refractivity (Wildman–Crippen MR) is 98.9 cm³/mol. The summed E-state index contributed by atoms with van der Waals surface area (Å²) in [6.07, 6.45) is 2.97. The van der Waals surface area contributed by atoms with Crippen LogP contribution in [0.5, 0.6) is 5.88 Å². The summed E-state index contributed by atoms with van der Waals surface area (Å²) in [4.78, 5) is 34.9. The van der Waals surface area contributed by atoms with E-state index in [1.165, 1.54) is 10.9 Å². The number of aromatic nitrogens is 3. The first-order chi connectivity index (χ1) is 12.6. The van der Waals surface area contributed by atoms with Gasteiger partial charge in [0.25, 0.3) is 5.56 Å². The van der Waals surface area contributed by atoms with Crippen molar-refractivity contribution in [2.24, 2.45) is 0 Å². The first-order valence-corrected chi connectivity index (χ1v) is 8.90. The summed E-state index contributed by atoms with van der Waals surface area (Å²) in [6, 6.07) is 10.8. The van der Waals surface area contributed by atoms with Crippen molar-refractivity contribution in [2.45, 2.75) is 12.6 Å². The fraction of sp³-hybridized carbons (Fsp3) is 0.222. The molecule has 0 bridgehead atoms. The number of rotatable bonds is 4. The summed E-state index contributed by atoms with van der Waals surface area (Å²) >= 11 is 3.38. The van der Waals surface area contributed by atoms with E-state index < -0.39 is 0 Å². The largest absolute Gasteiger partial charge is 0.470 e. The van der Waals surface area contributed by atoms with E-state index in [0.717, 1.165) is 4.47 Å². The maximum atomic E-state index is 12.4. The van der Waals surface area contributed by atoms with Crippen LogP contribution in [-0.4, -0.2) is 44.5 Å². The van der Waals surface area contributed by atoms with Crippen LogP contribution < -0.4 is 10.3 Å². The van der Waals surface area contributed by atoms with Gasteiger partial charge in [0, 0.05) is 6.20 Å². The molecule has 3 aromatic rings. The number of benzene rings is 1. The van der Waals surface area contributed by atoms with Crippen LogP contribution >= 0.6 is 15.9 Å². The van der Waals surface area contributed by atoms with Crippen LogP contribution in [0.4, 0.5) is 0 Å². The van der Waals surface area contributed by atoms with Gasteiger partial charge in [0.2, 0.25) is 11.8 Å². The van der Waals surface area contributed by atoms with Crippen molar-refractivity contribution in [1.82, 2.24) is 19.4 Å². The molecule has 1 aromatic carbocycles. The summed E-state index contributed by atoms with van der Waals surface area (Å²) in [5.74, 6) is 0.378. The van der Waals surface area contributed by atoms with Crippen molar-refractivity contribution in [2.75, 3.05) is 13.1 Å². The number of ether oxygens (including phenoxy) is 1.